The molecule has 0 aliphatic heterocycles. The van der Waals surface area contributed by atoms with Gasteiger partial charge in [0, 0.05) is 31.8 Å². The highest BCUT2D eigenvalue weighted by Crippen LogP contribution is 2.26. The molecule has 0 amide bonds. The number of nitrogens with zero attached hydrogens (tertiary/aromatic N) is 1. The van der Waals surface area contributed by atoms with E-state index in [9.17, 15) is 0 Å². The van der Waals surface area contributed by atoms with Crippen molar-refractivity contribution in [3.05, 3.63) is 35.4 Å². The van der Waals surface area contributed by atoms with Gasteiger partial charge in [0.15, 0.2) is 0 Å². The molecule has 3 nitrogen and oxygen atoms in total. The van der Waals surface area contributed by atoms with Crippen LogP contribution in [0.5, 0.6) is 0 Å². The van der Waals surface area contributed by atoms with Crippen LogP contribution >= 0.6 is 0 Å². The third kappa shape index (κ3) is 4.60. The van der Waals surface area contributed by atoms with Crippen LogP contribution in [0.1, 0.15) is 37.9 Å². The maximum atomic E-state index is 6.25. The van der Waals surface area contributed by atoms with Crippen LogP contribution in [0, 0.1) is 6.92 Å². The maximum absolute atomic E-state index is 6.25. The first-order valence-corrected chi connectivity index (χ1v) is 7.04. The number of benzene rings is 1. The van der Waals surface area contributed by atoms with Gasteiger partial charge >= 0.3 is 0 Å². The smallest absolute Gasteiger partial charge is 0.0590 e. The average molecular weight is 264 g/mol. The highest BCUT2D eigenvalue weighted by molar-refractivity contribution is 5.26. The molecule has 19 heavy (non-hydrogen) atoms. The summed E-state index contributed by atoms with van der Waals surface area (Å²) in [6.45, 7) is 10.2. The predicted octanol–water partition coefficient (Wildman–Crippen LogP) is 2.74. The molecule has 1 aromatic carbocycles. The zero-order chi connectivity index (χ0) is 14.4. The second kappa shape index (κ2) is 7.63. The fourth-order valence-corrected chi connectivity index (χ4v) is 2.57. The minimum Gasteiger partial charge on any atom is -0.383 e. The van der Waals surface area contributed by atoms with Crippen LogP contribution in [-0.2, 0) is 4.74 Å². The number of rotatable bonds is 7. The van der Waals surface area contributed by atoms with E-state index in [1.165, 1.54) is 11.1 Å². The average Bonchev–Trinajstić information content (AvgIpc) is 2.33. The zero-order valence-corrected chi connectivity index (χ0v) is 12.9. The monoisotopic (exact) mass is 264 g/mol. The Morgan fingerprint density at radius 1 is 1.26 bits per heavy atom. The highest BCUT2D eigenvalue weighted by Gasteiger charge is 2.25. The maximum Gasteiger partial charge on any atom is 0.0590 e. The summed E-state index contributed by atoms with van der Waals surface area (Å²) in [7, 11) is 1.74. The number of hydrogen-bond acceptors (Lipinski definition) is 3. The molecule has 2 N–H and O–H groups in total. The molecule has 108 valence electrons. The summed E-state index contributed by atoms with van der Waals surface area (Å²) in [6, 6.07) is 9.38. The van der Waals surface area contributed by atoms with Crippen molar-refractivity contribution in [2.24, 2.45) is 5.73 Å². The fraction of sp³-hybridized carbons (Fsp3) is 0.625. The Morgan fingerprint density at radius 2 is 1.95 bits per heavy atom. The lowest BCUT2D eigenvalue weighted by atomic mass is 9.96. The number of methoxy groups -OCH3 is 1. The van der Waals surface area contributed by atoms with Crippen LogP contribution in [0.25, 0.3) is 0 Å². The van der Waals surface area contributed by atoms with Crippen molar-refractivity contribution in [3.63, 3.8) is 0 Å². The first-order chi connectivity index (χ1) is 8.97. The lowest BCUT2D eigenvalue weighted by Crippen LogP contribution is -2.44. The molecule has 0 spiro atoms. The molecule has 2 atom stereocenters. The number of hydrogen-bond donors (Lipinski definition) is 1. The molecule has 1 aromatic rings. The Morgan fingerprint density at radius 3 is 2.42 bits per heavy atom. The third-order valence-electron chi connectivity index (χ3n) is 3.46. The van der Waals surface area contributed by atoms with E-state index < -0.39 is 0 Å². The molecular weight excluding hydrogens is 236 g/mol. The quantitative estimate of drug-likeness (QED) is 0.823. The van der Waals surface area contributed by atoms with Gasteiger partial charge in [0.05, 0.1) is 6.61 Å². The minimum atomic E-state index is 0.0843. The van der Waals surface area contributed by atoms with Crippen LogP contribution in [0.2, 0.25) is 0 Å². The van der Waals surface area contributed by atoms with Gasteiger partial charge in [0.25, 0.3) is 0 Å². The summed E-state index contributed by atoms with van der Waals surface area (Å²) < 4.78 is 5.23. The Bertz CT molecular complexity index is 377. The number of ether oxygens (including phenoxy) is 1. The minimum absolute atomic E-state index is 0.0843. The van der Waals surface area contributed by atoms with Crippen molar-refractivity contribution in [1.82, 2.24) is 4.90 Å². The molecule has 1 rings (SSSR count). The summed E-state index contributed by atoms with van der Waals surface area (Å²) >= 11 is 0. The van der Waals surface area contributed by atoms with E-state index in [4.69, 9.17) is 10.5 Å². The molecule has 0 aromatic heterocycles. The lowest BCUT2D eigenvalue weighted by Gasteiger charge is -2.37. The Balaban J connectivity index is 3.03. The summed E-state index contributed by atoms with van der Waals surface area (Å²) in [6.07, 6.45) is 0. The van der Waals surface area contributed by atoms with Gasteiger partial charge in [-0.1, -0.05) is 29.8 Å². The van der Waals surface area contributed by atoms with Crippen molar-refractivity contribution < 1.29 is 4.74 Å². The van der Waals surface area contributed by atoms with Gasteiger partial charge in [-0.3, -0.25) is 4.90 Å². The van der Waals surface area contributed by atoms with Crippen molar-refractivity contribution in [2.75, 3.05) is 20.3 Å². The van der Waals surface area contributed by atoms with Crippen LogP contribution in [0.15, 0.2) is 24.3 Å². The fourth-order valence-electron chi connectivity index (χ4n) is 2.57. The molecule has 0 saturated carbocycles. The Labute approximate surface area is 117 Å². The standard InChI is InChI=1S/C16H28N2O/c1-12(2)18(9-10-19-5)16(14(4)17)15-8-6-7-13(3)11-15/h6-8,11-12,14,16H,9-10,17H2,1-5H3. The van der Waals surface area contributed by atoms with E-state index in [2.05, 4.69) is 56.9 Å². The largest absolute Gasteiger partial charge is 0.383 e. The SMILES string of the molecule is COCCN(C(C)C)C(c1cccc(C)c1)C(C)N. The second-order valence-corrected chi connectivity index (χ2v) is 5.54. The van der Waals surface area contributed by atoms with Crippen molar-refractivity contribution in [2.45, 2.75) is 45.8 Å². The summed E-state index contributed by atoms with van der Waals surface area (Å²) in [5, 5.41) is 0. The van der Waals surface area contributed by atoms with E-state index >= 15 is 0 Å². The molecule has 2 unspecified atom stereocenters. The van der Waals surface area contributed by atoms with E-state index in [0.717, 1.165) is 13.2 Å². The molecule has 0 saturated heterocycles. The van der Waals surface area contributed by atoms with E-state index in [-0.39, 0.29) is 12.1 Å². The van der Waals surface area contributed by atoms with Gasteiger partial charge in [-0.25, -0.2) is 0 Å². The predicted molar refractivity (Wildman–Crippen MR) is 81.3 cm³/mol. The van der Waals surface area contributed by atoms with Crippen LogP contribution in [0.4, 0.5) is 0 Å². The zero-order valence-electron chi connectivity index (χ0n) is 12.9. The number of aryl methyl sites for hydroxylation is 1. The van der Waals surface area contributed by atoms with Crippen LogP contribution < -0.4 is 5.73 Å². The second-order valence-electron chi connectivity index (χ2n) is 5.54. The van der Waals surface area contributed by atoms with Gasteiger partial charge < -0.3 is 10.5 Å². The highest BCUT2D eigenvalue weighted by atomic mass is 16.5. The van der Waals surface area contributed by atoms with Crippen molar-refractivity contribution in [3.8, 4) is 0 Å². The normalized spacial score (nSPS) is 14.9. The molecule has 0 aliphatic rings. The Hall–Kier alpha value is -0.900. The van der Waals surface area contributed by atoms with Crippen molar-refractivity contribution >= 4 is 0 Å². The summed E-state index contributed by atoms with van der Waals surface area (Å²) in [5.74, 6) is 0. The summed E-state index contributed by atoms with van der Waals surface area (Å²) in [5.41, 5.74) is 8.81. The molecule has 0 aliphatic carbocycles. The van der Waals surface area contributed by atoms with Crippen LogP contribution in [0.3, 0.4) is 0 Å². The van der Waals surface area contributed by atoms with E-state index in [0.29, 0.717) is 6.04 Å². The first kappa shape index (κ1) is 16.2. The van der Waals surface area contributed by atoms with Gasteiger partial charge in [0.1, 0.15) is 0 Å². The molecular formula is C16H28N2O. The van der Waals surface area contributed by atoms with Gasteiger partial charge in [-0.2, -0.15) is 0 Å². The lowest BCUT2D eigenvalue weighted by molar-refractivity contribution is 0.0863. The van der Waals surface area contributed by atoms with Crippen molar-refractivity contribution in [1.29, 1.82) is 0 Å². The third-order valence-corrected chi connectivity index (χ3v) is 3.46. The van der Waals surface area contributed by atoms with Crippen LogP contribution in [-0.4, -0.2) is 37.2 Å². The van der Waals surface area contributed by atoms with Gasteiger partial charge in [-0.05, 0) is 33.3 Å². The molecule has 0 bridgehead atoms. The molecule has 0 heterocycles. The molecule has 0 fully saturated rings. The summed E-state index contributed by atoms with van der Waals surface area (Å²) in [4.78, 5) is 2.42. The Kier molecular flexibility index (Phi) is 6.49. The van der Waals surface area contributed by atoms with E-state index in [1.807, 2.05) is 0 Å². The topological polar surface area (TPSA) is 38.5 Å². The van der Waals surface area contributed by atoms with Gasteiger partial charge in [0.2, 0.25) is 0 Å². The first-order valence-electron chi connectivity index (χ1n) is 7.04. The van der Waals surface area contributed by atoms with E-state index in [1.54, 1.807) is 7.11 Å². The molecule has 3 heteroatoms. The number of nitrogens with two attached hydrogens (primary N) is 1. The molecule has 0 radical (unpaired) electrons. The van der Waals surface area contributed by atoms with Gasteiger partial charge in [-0.15, -0.1) is 0 Å².